The molecule has 0 aromatic carbocycles. The Hall–Kier alpha value is -1.16. The van der Waals surface area contributed by atoms with E-state index in [2.05, 4.69) is 15.2 Å². The Balaban J connectivity index is 2.48. The lowest BCUT2D eigenvalue weighted by atomic mass is 10.5. The first-order valence-electron chi connectivity index (χ1n) is 2.87. The minimum Gasteiger partial charge on any atom is -0.359 e. The molecule has 1 N–H and O–H groups in total. The van der Waals surface area contributed by atoms with E-state index in [1.807, 2.05) is 18.3 Å². The third kappa shape index (κ3) is 0.823. The molecule has 0 spiro atoms. The molecule has 0 aliphatic carbocycles. The van der Waals surface area contributed by atoms with Crippen molar-refractivity contribution >= 4 is 11.3 Å². The van der Waals surface area contributed by atoms with Gasteiger partial charge in [-0.15, -0.1) is 10.2 Å². The standard InChI is InChI=1S/C6H5N3S/c1-2-5(7-3-1)6-9-8-4-10-6/h1-4,7H. The molecule has 50 valence electrons. The maximum absolute atomic E-state index is 3.90. The molecule has 10 heavy (non-hydrogen) atoms. The van der Waals surface area contributed by atoms with Crippen LogP contribution in [0.2, 0.25) is 0 Å². The summed E-state index contributed by atoms with van der Waals surface area (Å²) in [7, 11) is 0. The van der Waals surface area contributed by atoms with Crippen LogP contribution in [0.1, 0.15) is 0 Å². The molecule has 2 aromatic heterocycles. The molecule has 0 unspecified atom stereocenters. The van der Waals surface area contributed by atoms with E-state index >= 15 is 0 Å². The lowest BCUT2D eigenvalue weighted by Gasteiger charge is -1.83. The topological polar surface area (TPSA) is 41.6 Å². The maximum atomic E-state index is 3.90. The lowest BCUT2D eigenvalue weighted by Crippen LogP contribution is -1.73. The van der Waals surface area contributed by atoms with Crippen molar-refractivity contribution in [1.29, 1.82) is 0 Å². The van der Waals surface area contributed by atoms with Gasteiger partial charge < -0.3 is 4.98 Å². The number of nitrogens with one attached hydrogen (secondary N) is 1. The van der Waals surface area contributed by atoms with Gasteiger partial charge in [-0.25, -0.2) is 0 Å². The molecule has 2 rings (SSSR count). The average molecular weight is 151 g/mol. The van der Waals surface area contributed by atoms with Crippen molar-refractivity contribution in [3.8, 4) is 10.7 Å². The molecule has 3 nitrogen and oxygen atoms in total. The Kier molecular flexibility index (Phi) is 1.25. The van der Waals surface area contributed by atoms with Gasteiger partial charge in [0.2, 0.25) is 0 Å². The lowest BCUT2D eigenvalue weighted by molar-refractivity contribution is 1.09. The molecule has 0 aliphatic rings. The van der Waals surface area contributed by atoms with E-state index in [9.17, 15) is 0 Å². The Morgan fingerprint density at radius 1 is 1.50 bits per heavy atom. The van der Waals surface area contributed by atoms with Gasteiger partial charge in [0.05, 0.1) is 5.69 Å². The normalized spacial score (nSPS) is 10.0. The second kappa shape index (κ2) is 2.22. The fourth-order valence-corrected chi connectivity index (χ4v) is 1.30. The number of rotatable bonds is 1. The Morgan fingerprint density at radius 2 is 2.50 bits per heavy atom. The summed E-state index contributed by atoms with van der Waals surface area (Å²) in [6, 6.07) is 3.91. The highest BCUT2D eigenvalue weighted by molar-refractivity contribution is 7.12. The third-order valence-corrected chi connectivity index (χ3v) is 1.91. The highest BCUT2D eigenvalue weighted by Gasteiger charge is 1.98. The van der Waals surface area contributed by atoms with Crippen LogP contribution in [0.5, 0.6) is 0 Å². The number of nitrogens with zero attached hydrogens (tertiary/aromatic N) is 2. The van der Waals surface area contributed by atoms with E-state index in [4.69, 9.17) is 0 Å². The first-order valence-corrected chi connectivity index (χ1v) is 3.75. The molecule has 4 heteroatoms. The summed E-state index contributed by atoms with van der Waals surface area (Å²) in [6.45, 7) is 0. The van der Waals surface area contributed by atoms with Gasteiger partial charge >= 0.3 is 0 Å². The summed E-state index contributed by atoms with van der Waals surface area (Å²) in [5.41, 5.74) is 2.75. The molecule has 0 amide bonds. The van der Waals surface area contributed by atoms with Gasteiger partial charge in [-0.05, 0) is 12.1 Å². The summed E-state index contributed by atoms with van der Waals surface area (Å²) in [4.78, 5) is 3.05. The first-order chi connectivity index (χ1) is 4.97. The zero-order chi connectivity index (χ0) is 6.81. The number of H-pyrrole nitrogens is 1. The van der Waals surface area contributed by atoms with Crippen LogP contribution in [0.4, 0.5) is 0 Å². The number of aromatic amines is 1. The highest BCUT2D eigenvalue weighted by atomic mass is 32.1. The zero-order valence-electron chi connectivity index (χ0n) is 5.11. The van der Waals surface area contributed by atoms with E-state index in [0.29, 0.717) is 0 Å². The summed E-state index contributed by atoms with van der Waals surface area (Å²) >= 11 is 1.53. The largest absolute Gasteiger partial charge is 0.359 e. The molecule has 2 aromatic rings. The summed E-state index contributed by atoms with van der Waals surface area (Å²) in [5, 5.41) is 8.56. The van der Waals surface area contributed by atoms with Gasteiger partial charge in [0.1, 0.15) is 5.51 Å². The van der Waals surface area contributed by atoms with Crippen molar-refractivity contribution in [3.63, 3.8) is 0 Å². The van der Waals surface area contributed by atoms with Gasteiger partial charge in [0.15, 0.2) is 5.01 Å². The highest BCUT2D eigenvalue weighted by Crippen LogP contribution is 2.16. The molecule has 0 atom stereocenters. The Labute approximate surface area is 61.7 Å². The maximum Gasteiger partial charge on any atom is 0.163 e. The third-order valence-electron chi connectivity index (χ3n) is 1.19. The SMILES string of the molecule is c1c[nH]c(-c2nncs2)c1. The zero-order valence-corrected chi connectivity index (χ0v) is 5.93. The Morgan fingerprint density at radius 3 is 3.10 bits per heavy atom. The van der Waals surface area contributed by atoms with Crippen molar-refractivity contribution in [1.82, 2.24) is 15.2 Å². The average Bonchev–Trinajstić information content (AvgIpc) is 2.59. The smallest absolute Gasteiger partial charge is 0.163 e. The fraction of sp³-hybridized carbons (Fsp3) is 0. The number of hydrogen-bond donors (Lipinski definition) is 1. The summed E-state index contributed by atoms with van der Waals surface area (Å²) < 4.78 is 0. The van der Waals surface area contributed by atoms with Crippen LogP contribution in [-0.2, 0) is 0 Å². The van der Waals surface area contributed by atoms with Gasteiger partial charge in [0.25, 0.3) is 0 Å². The molecule has 0 saturated carbocycles. The van der Waals surface area contributed by atoms with Crippen molar-refractivity contribution in [2.45, 2.75) is 0 Å². The minimum absolute atomic E-state index is 0.935. The van der Waals surface area contributed by atoms with Gasteiger partial charge in [-0.1, -0.05) is 11.3 Å². The van der Waals surface area contributed by atoms with Crippen LogP contribution in [0.15, 0.2) is 23.8 Å². The molecule has 0 bridgehead atoms. The van der Waals surface area contributed by atoms with Crippen LogP contribution in [0.3, 0.4) is 0 Å². The van der Waals surface area contributed by atoms with Crippen molar-refractivity contribution in [2.24, 2.45) is 0 Å². The quantitative estimate of drug-likeness (QED) is 0.671. The Bertz CT molecular complexity index is 252. The molecular formula is C6H5N3S. The van der Waals surface area contributed by atoms with E-state index in [-0.39, 0.29) is 0 Å². The van der Waals surface area contributed by atoms with Crippen LogP contribution in [0.25, 0.3) is 10.7 Å². The van der Waals surface area contributed by atoms with Crippen molar-refractivity contribution < 1.29 is 0 Å². The van der Waals surface area contributed by atoms with Gasteiger partial charge in [-0.2, -0.15) is 0 Å². The first kappa shape index (κ1) is 5.61. The van der Waals surface area contributed by atoms with Crippen LogP contribution < -0.4 is 0 Å². The molecule has 2 heterocycles. The molecule has 0 saturated heterocycles. The van der Waals surface area contributed by atoms with Gasteiger partial charge in [0, 0.05) is 6.20 Å². The summed E-state index contributed by atoms with van der Waals surface area (Å²) in [5.74, 6) is 0. The molecular weight excluding hydrogens is 146 g/mol. The second-order valence-corrected chi connectivity index (χ2v) is 2.66. The second-order valence-electron chi connectivity index (χ2n) is 1.83. The van der Waals surface area contributed by atoms with E-state index in [1.165, 1.54) is 11.3 Å². The van der Waals surface area contributed by atoms with Crippen LogP contribution >= 0.6 is 11.3 Å². The monoisotopic (exact) mass is 151 g/mol. The predicted octanol–water partition coefficient (Wildman–Crippen LogP) is 1.53. The molecule has 0 fully saturated rings. The number of hydrogen-bond acceptors (Lipinski definition) is 3. The van der Waals surface area contributed by atoms with E-state index in [0.717, 1.165) is 10.7 Å². The molecule has 0 radical (unpaired) electrons. The van der Waals surface area contributed by atoms with E-state index in [1.54, 1.807) is 5.51 Å². The van der Waals surface area contributed by atoms with Crippen LogP contribution in [0, 0.1) is 0 Å². The minimum atomic E-state index is 0.935. The molecule has 0 aliphatic heterocycles. The predicted molar refractivity (Wildman–Crippen MR) is 39.7 cm³/mol. The number of aromatic nitrogens is 3. The van der Waals surface area contributed by atoms with Gasteiger partial charge in [-0.3, -0.25) is 0 Å². The van der Waals surface area contributed by atoms with Crippen molar-refractivity contribution in [2.75, 3.05) is 0 Å². The van der Waals surface area contributed by atoms with E-state index < -0.39 is 0 Å². The summed E-state index contributed by atoms with van der Waals surface area (Å²) in [6.07, 6.45) is 1.87. The van der Waals surface area contributed by atoms with Crippen molar-refractivity contribution in [3.05, 3.63) is 23.8 Å². The fourth-order valence-electron chi connectivity index (χ4n) is 0.754. The van der Waals surface area contributed by atoms with Crippen LogP contribution in [-0.4, -0.2) is 15.2 Å².